The summed E-state index contributed by atoms with van der Waals surface area (Å²) in [7, 11) is 0. The van der Waals surface area contributed by atoms with Crippen LogP contribution in [0.15, 0.2) is 35.9 Å². The Balaban J connectivity index is 1.63. The normalized spacial score (nSPS) is 17.7. The van der Waals surface area contributed by atoms with E-state index in [1.807, 2.05) is 20.8 Å². The number of carbonyl (C=O) groups excluding carboxylic acids is 3. The Morgan fingerprint density at radius 2 is 2.00 bits per heavy atom. The lowest BCUT2D eigenvalue weighted by atomic mass is 10.0. The quantitative estimate of drug-likeness (QED) is 0.432. The summed E-state index contributed by atoms with van der Waals surface area (Å²) < 4.78 is 16.9. The molecule has 46 heavy (non-hydrogen) atoms. The molecule has 2 atom stereocenters. The number of benzene rings is 1. The van der Waals surface area contributed by atoms with E-state index >= 15 is 0 Å². The van der Waals surface area contributed by atoms with Crippen molar-refractivity contribution >= 4 is 17.9 Å². The third-order valence-corrected chi connectivity index (χ3v) is 7.32. The molecule has 0 spiro atoms. The van der Waals surface area contributed by atoms with Crippen molar-refractivity contribution < 1.29 is 28.6 Å². The van der Waals surface area contributed by atoms with Gasteiger partial charge < -0.3 is 29.3 Å². The second-order valence-electron chi connectivity index (χ2n) is 13.3. The molecule has 2 aliphatic heterocycles. The standard InChI is InChI=1S/C32H44N8O6/c1-31(2,3)40-36-27(35-37-40)26(28(41)34-24-10-8-14-38(21-24)30(43)46-32(4,5)6)39(29(42)23-12-16-44-17-13-23)15-18-45-25-11-7-9-22(19-25)20-33/h7,9,11-12,19,24,26H,8,10,13-18,21H2,1-6H3,(H,34,41). The molecule has 1 saturated heterocycles. The first-order chi connectivity index (χ1) is 21.7. The number of piperidine rings is 1. The first-order valence-corrected chi connectivity index (χ1v) is 15.5. The van der Waals surface area contributed by atoms with Crippen LogP contribution in [0.1, 0.15) is 78.2 Å². The van der Waals surface area contributed by atoms with Crippen LogP contribution in [0.3, 0.4) is 0 Å². The summed E-state index contributed by atoms with van der Waals surface area (Å²) in [6.45, 7) is 12.6. The first-order valence-electron chi connectivity index (χ1n) is 15.5. The van der Waals surface area contributed by atoms with Crippen LogP contribution in [-0.4, -0.2) is 99.0 Å². The number of nitriles is 1. The summed E-state index contributed by atoms with van der Waals surface area (Å²) in [5.74, 6) is -0.361. The maximum atomic E-state index is 14.2. The van der Waals surface area contributed by atoms with Gasteiger partial charge in [-0.25, -0.2) is 4.79 Å². The number of hydrogen-bond acceptors (Lipinski definition) is 10. The van der Waals surface area contributed by atoms with Gasteiger partial charge in [0.15, 0.2) is 6.04 Å². The molecule has 3 heterocycles. The minimum absolute atomic E-state index is 0.00462. The lowest BCUT2D eigenvalue weighted by molar-refractivity contribution is -0.139. The lowest BCUT2D eigenvalue weighted by Gasteiger charge is -2.36. The second-order valence-corrected chi connectivity index (χ2v) is 13.3. The van der Waals surface area contributed by atoms with Gasteiger partial charge in [-0.3, -0.25) is 9.59 Å². The molecule has 1 N–H and O–H groups in total. The summed E-state index contributed by atoms with van der Waals surface area (Å²) in [6.07, 6.45) is 2.94. The highest BCUT2D eigenvalue weighted by atomic mass is 16.6. The molecule has 2 aliphatic rings. The molecule has 1 aromatic heterocycles. The van der Waals surface area contributed by atoms with Gasteiger partial charge in [0.1, 0.15) is 18.0 Å². The van der Waals surface area contributed by atoms with E-state index in [-0.39, 0.29) is 38.0 Å². The van der Waals surface area contributed by atoms with E-state index in [1.165, 1.54) is 9.70 Å². The third-order valence-electron chi connectivity index (χ3n) is 7.32. The van der Waals surface area contributed by atoms with E-state index < -0.39 is 35.2 Å². The monoisotopic (exact) mass is 636 g/mol. The predicted octanol–water partition coefficient (Wildman–Crippen LogP) is 3.11. The molecule has 0 aliphatic carbocycles. The number of likely N-dealkylation sites (tertiary alicyclic amines) is 1. The number of tetrazole rings is 1. The Labute approximate surface area is 269 Å². The Kier molecular flexibility index (Phi) is 11.0. The van der Waals surface area contributed by atoms with Gasteiger partial charge >= 0.3 is 6.09 Å². The van der Waals surface area contributed by atoms with Crippen LogP contribution >= 0.6 is 0 Å². The van der Waals surface area contributed by atoms with Crippen LogP contribution in [-0.2, 0) is 24.6 Å². The van der Waals surface area contributed by atoms with Gasteiger partial charge in [-0.2, -0.15) is 10.1 Å². The first kappa shape index (κ1) is 34.4. The molecule has 0 bridgehead atoms. The van der Waals surface area contributed by atoms with Crippen molar-refractivity contribution in [3.05, 3.63) is 47.3 Å². The van der Waals surface area contributed by atoms with E-state index in [9.17, 15) is 19.6 Å². The highest BCUT2D eigenvalue weighted by Gasteiger charge is 2.39. The van der Waals surface area contributed by atoms with Gasteiger partial charge in [0.05, 0.1) is 36.9 Å². The molecule has 0 radical (unpaired) electrons. The van der Waals surface area contributed by atoms with E-state index in [4.69, 9.17) is 14.2 Å². The van der Waals surface area contributed by atoms with E-state index in [0.717, 1.165) is 0 Å². The maximum Gasteiger partial charge on any atom is 0.410 e. The summed E-state index contributed by atoms with van der Waals surface area (Å²) in [5.41, 5.74) is -0.240. The second kappa shape index (κ2) is 14.7. The average Bonchev–Trinajstić information content (AvgIpc) is 3.51. The number of nitrogens with one attached hydrogen (secondary N) is 1. The van der Waals surface area contributed by atoms with E-state index in [2.05, 4.69) is 26.8 Å². The number of ether oxygens (including phenoxy) is 3. The lowest BCUT2D eigenvalue weighted by Crippen LogP contribution is -2.54. The van der Waals surface area contributed by atoms with E-state index in [1.54, 1.807) is 56.0 Å². The Morgan fingerprint density at radius 1 is 1.22 bits per heavy atom. The van der Waals surface area contributed by atoms with Crippen LogP contribution < -0.4 is 10.1 Å². The summed E-state index contributed by atoms with van der Waals surface area (Å²) in [4.78, 5) is 45.5. The van der Waals surface area contributed by atoms with Crippen LogP contribution in [0, 0.1) is 11.3 Å². The molecule has 3 amide bonds. The fraction of sp³-hybridized carbons (Fsp3) is 0.594. The molecule has 14 nitrogen and oxygen atoms in total. The summed E-state index contributed by atoms with van der Waals surface area (Å²) in [5, 5.41) is 25.3. The number of amides is 3. The smallest absolute Gasteiger partial charge is 0.410 e. The van der Waals surface area contributed by atoms with Crippen molar-refractivity contribution in [2.24, 2.45) is 0 Å². The molecule has 248 valence electrons. The zero-order valence-electron chi connectivity index (χ0n) is 27.5. The average molecular weight is 637 g/mol. The molecule has 0 saturated carbocycles. The van der Waals surface area contributed by atoms with Crippen LogP contribution in [0.5, 0.6) is 5.75 Å². The molecular weight excluding hydrogens is 592 g/mol. The third kappa shape index (κ3) is 9.26. The van der Waals surface area contributed by atoms with Crippen molar-refractivity contribution in [2.45, 2.75) is 84.0 Å². The van der Waals surface area contributed by atoms with Crippen molar-refractivity contribution in [1.29, 1.82) is 5.26 Å². The molecule has 4 rings (SSSR count). The molecule has 1 aromatic carbocycles. The Hall–Kier alpha value is -4.51. The molecule has 2 aromatic rings. The topological polar surface area (TPSA) is 165 Å². The van der Waals surface area contributed by atoms with Crippen LogP contribution in [0.4, 0.5) is 4.79 Å². The van der Waals surface area contributed by atoms with Crippen molar-refractivity contribution in [1.82, 2.24) is 35.3 Å². The van der Waals surface area contributed by atoms with Gasteiger partial charge in [0.2, 0.25) is 5.82 Å². The van der Waals surface area contributed by atoms with Crippen LogP contribution in [0.2, 0.25) is 0 Å². The number of carbonyl (C=O) groups is 3. The Bertz CT molecular complexity index is 1470. The van der Waals surface area contributed by atoms with Gasteiger partial charge in [-0.1, -0.05) is 12.1 Å². The minimum atomic E-state index is -1.25. The SMILES string of the molecule is CC(C)(C)OC(=O)N1CCCC(NC(=O)C(c2nnn(C(C)(C)C)n2)N(CCOc2cccc(C#N)c2)C(=O)C2=CCOCC2)C1. The number of aromatic nitrogens is 4. The summed E-state index contributed by atoms with van der Waals surface area (Å²) >= 11 is 0. The fourth-order valence-electron chi connectivity index (χ4n) is 5.06. The van der Waals surface area contributed by atoms with Gasteiger partial charge in [-0.15, -0.1) is 10.2 Å². The fourth-order valence-corrected chi connectivity index (χ4v) is 5.06. The van der Waals surface area contributed by atoms with Crippen molar-refractivity contribution in [3.8, 4) is 11.8 Å². The van der Waals surface area contributed by atoms with Gasteiger partial charge in [0, 0.05) is 31.1 Å². The number of rotatable bonds is 9. The Morgan fingerprint density at radius 3 is 2.65 bits per heavy atom. The zero-order chi connectivity index (χ0) is 33.5. The summed E-state index contributed by atoms with van der Waals surface area (Å²) in [6, 6.07) is 7.13. The molecule has 2 unspecified atom stereocenters. The van der Waals surface area contributed by atoms with Crippen molar-refractivity contribution in [2.75, 3.05) is 39.5 Å². The van der Waals surface area contributed by atoms with E-state index in [0.29, 0.717) is 49.3 Å². The highest BCUT2D eigenvalue weighted by Crippen LogP contribution is 2.25. The molecule has 1 fully saturated rings. The minimum Gasteiger partial charge on any atom is -0.492 e. The number of hydrogen-bond donors (Lipinski definition) is 1. The maximum absolute atomic E-state index is 14.2. The zero-order valence-corrected chi connectivity index (χ0v) is 27.5. The number of nitrogens with zero attached hydrogens (tertiary/aromatic N) is 7. The van der Waals surface area contributed by atoms with Crippen molar-refractivity contribution in [3.63, 3.8) is 0 Å². The van der Waals surface area contributed by atoms with Gasteiger partial charge in [-0.05, 0) is 77.8 Å². The van der Waals surface area contributed by atoms with Gasteiger partial charge in [0.25, 0.3) is 11.8 Å². The largest absolute Gasteiger partial charge is 0.492 e. The molecular formula is C32H44N8O6. The van der Waals surface area contributed by atoms with Crippen LogP contribution in [0.25, 0.3) is 0 Å². The highest BCUT2D eigenvalue weighted by molar-refractivity contribution is 5.97. The molecule has 14 heteroatoms. The predicted molar refractivity (Wildman–Crippen MR) is 166 cm³/mol.